The van der Waals surface area contributed by atoms with Gasteiger partial charge in [0.05, 0.1) is 0 Å². The maximum atomic E-state index is 12.5. The number of hydrogen-bond acceptors (Lipinski definition) is 2. The van der Waals surface area contributed by atoms with E-state index in [0.717, 1.165) is 30.4 Å². The molecule has 0 fully saturated rings. The van der Waals surface area contributed by atoms with Gasteiger partial charge in [0.1, 0.15) is 0 Å². The Hall–Kier alpha value is -1.35. The third-order valence-electron chi connectivity index (χ3n) is 3.77. The van der Waals surface area contributed by atoms with Crippen LogP contribution in [0.1, 0.15) is 62.9 Å². The predicted molar refractivity (Wildman–Crippen MR) is 87.6 cm³/mol. The minimum atomic E-state index is -0.0537. The molecule has 0 aliphatic heterocycles. The van der Waals surface area contributed by atoms with Crippen LogP contribution >= 0.6 is 0 Å². The fraction of sp³-hybridized carbons (Fsp3) is 0.611. The number of aliphatic hydroxyl groups is 1. The topological polar surface area (TPSA) is 49.3 Å². The largest absolute Gasteiger partial charge is 0.396 e. The minimum absolute atomic E-state index is 0.0143. The molecule has 0 saturated carbocycles. The Morgan fingerprint density at radius 3 is 2.48 bits per heavy atom. The molecule has 1 atom stereocenters. The first-order valence-electron chi connectivity index (χ1n) is 7.88. The van der Waals surface area contributed by atoms with Gasteiger partial charge in [0.2, 0.25) is 0 Å². The van der Waals surface area contributed by atoms with Gasteiger partial charge >= 0.3 is 0 Å². The Labute approximate surface area is 128 Å². The van der Waals surface area contributed by atoms with E-state index in [-0.39, 0.29) is 17.9 Å². The molecule has 1 aromatic rings. The highest BCUT2D eigenvalue weighted by molar-refractivity contribution is 5.96. The second-order valence-electron chi connectivity index (χ2n) is 6.67. The summed E-state index contributed by atoms with van der Waals surface area (Å²) in [5.74, 6) is 0.338. The van der Waals surface area contributed by atoms with E-state index in [2.05, 4.69) is 33.0 Å². The molecule has 2 N–H and O–H groups in total. The number of aliphatic hydroxyl groups excluding tert-OH is 1. The van der Waals surface area contributed by atoms with Crippen LogP contribution in [-0.4, -0.2) is 24.2 Å². The third kappa shape index (κ3) is 5.50. The monoisotopic (exact) mass is 291 g/mol. The van der Waals surface area contributed by atoms with Gasteiger partial charge in [0.25, 0.3) is 5.91 Å². The summed E-state index contributed by atoms with van der Waals surface area (Å²) in [4.78, 5) is 12.5. The Balaban J connectivity index is 2.76. The van der Waals surface area contributed by atoms with E-state index in [9.17, 15) is 4.79 Å². The van der Waals surface area contributed by atoms with Crippen molar-refractivity contribution in [3.05, 3.63) is 35.4 Å². The highest BCUT2D eigenvalue weighted by Crippen LogP contribution is 2.25. The molecule has 1 aromatic carbocycles. The molecule has 1 unspecified atom stereocenters. The number of nitrogens with one attached hydrogen (secondary N) is 1. The van der Waals surface area contributed by atoms with Crippen molar-refractivity contribution in [1.82, 2.24) is 5.32 Å². The highest BCUT2D eigenvalue weighted by atomic mass is 16.3. The number of rotatable bonds is 7. The first kappa shape index (κ1) is 17.7. The minimum Gasteiger partial charge on any atom is -0.396 e. The summed E-state index contributed by atoms with van der Waals surface area (Å²) in [6.45, 7) is 9.28. The van der Waals surface area contributed by atoms with E-state index in [0.29, 0.717) is 12.5 Å². The van der Waals surface area contributed by atoms with Crippen LogP contribution in [0.5, 0.6) is 0 Å². The molecule has 0 bridgehead atoms. The van der Waals surface area contributed by atoms with Crippen LogP contribution in [0.15, 0.2) is 24.3 Å². The standard InChI is InChI=1S/C18H29NO2/c1-5-8-14(11-12-20)13-19-17(21)15-9-6-7-10-16(15)18(2,3)4/h6-7,9-10,14,20H,5,8,11-13H2,1-4H3,(H,19,21). The first-order valence-corrected chi connectivity index (χ1v) is 7.88. The van der Waals surface area contributed by atoms with Gasteiger partial charge in [-0.15, -0.1) is 0 Å². The SMILES string of the molecule is CCCC(CCO)CNC(=O)c1ccccc1C(C)(C)C. The van der Waals surface area contributed by atoms with Gasteiger partial charge in [0, 0.05) is 18.7 Å². The Kier molecular flexibility index (Phi) is 6.90. The molecule has 118 valence electrons. The van der Waals surface area contributed by atoms with E-state index in [1.807, 2.05) is 24.3 Å². The van der Waals surface area contributed by atoms with Crippen LogP contribution in [0.25, 0.3) is 0 Å². The normalized spacial score (nSPS) is 13.0. The molecule has 0 aliphatic carbocycles. The lowest BCUT2D eigenvalue weighted by molar-refractivity contribution is 0.0940. The van der Waals surface area contributed by atoms with E-state index in [1.165, 1.54) is 0 Å². The average Bonchev–Trinajstić information content (AvgIpc) is 2.44. The molecule has 1 rings (SSSR count). The van der Waals surface area contributed by atoms with Crippen LogP contribution in [0.2, 0.25) is 0 Å². The number of benzene rings is 1. The van der Waals surface area contributed by atoms with Crippen molar-refractivity contribution in [2.75, 3.05) is 13.2 Å². The summed E-state index contributed by atoms with van der Waals surface area (Å²) in [5.41, 5.74) is 1.77. The summed E-state index contributed by atoms with van der Waals surface area (Å²) in [5, 5.41) is 12.1. The van der Waals surface area contributed by atoms with Crippen LogP contribution in [0.3, 0.4) is 0 Å². The molecule has 1 amide bonds. The predicted octanol–water partition coefficient (Wildman–Crippen LogP) is 3.51. The molecule has 0 spiro atoms. The quantitative estimate of drug-likeness (QED) is 0.807. The third-order valence-corrected chi connectivity index (χ3v) is 3.77. The number of carbonyl (C=O) groups is 1. The molecule has 21 heavy (non-hydrogen) atoms. The van der Waals surface area contributed by atoms with Crippen molar-refractivity contribution >= 4 is 5.91 Å². The zero-order valence-electron chi connectivity index (χ0n) is 13.8. The molecular formula is C18H29NO2. The number of amides is 1. The summed E-state index contributed by atoms with van der Waals surface area (Å²) in [7, 11) is 0. The van der Waals surface area contributed by atoms with Crippen LogP contribution < -0.4 is 5.32 Å². The summed E-state index contributed by atoms with van der Waals surface area (Å²) >= 11 is 0. The Bertz CT molecular complexity index is 443. The second-order valence-corrected chi connectivity index (χ2v) is 6.67. The van der Waals surface area contributed by atoms with Crippen molar-refractivity contribution in [1.29, 1.82) is 0 Å². The average molecular weight is 291 g/mol. The van der Waals surface area contributed by atoms with E-state index in [4.69, 9.17) is 5.11 Å². The lowest BCUT2D eigenvalue weighted by Gasteiger charge is -2.23. The van der Waals surface area contributed by atoms with Crippen LogP contribution in [0.4, 0.5) is 0 Å². The van der Waals surface area contributed by atoms with Crippen molar-refractivity contribution in [3.63, 3.8) is 0 Å². The molecule has 0 aliphatic rings. The van der Waals surface area contributed by atoms with Gasteiger partial charge < -0.3 is 10.4 Å². The second kappa shape index (κ2) is 8.18. The summed E-state index contributed by atoms with van der Waals surface area (Å²) in [6, 6.07) is 7.79. The fourth-order valence-electron chi connectivity index (χ4n) is 2.61. The molecule has 3 nitrogen and oxygen atoms in total. The molecule has 0 saturated heterocycles. The maximum absolute atomic E-state index is 12.5. The molecule has 0 aromatic heterocycles. The van der Waals surface area contributed by atoms with Gasteiger partial charge in [-0.05, 0) is 35.8 Å². The first-order chi connectivity index (χ1) is 9.90. The van der Waals surface area contributed by atoms with Gasteiger partial charge in [0.15, 0.2) is 0 Å². The van der Waals surface area contributed by atoms with Crippen molar-refractivity contribution in [2.45, 2.75) is 52.4 Å². The van der Waals surface area contributed by atoms with Crippen molar-refractivity contribution in [3.8, 4) is 0 Å². The van der Waals surface area contributed by atoms with E-state index < -0.39 is 0 Å². The van der Waals surface area contributed by atoms with Crippen molar-refractivity contribution < 1.29 is 9.90 Å². The lowest BCUT2D eigenvalue weighted by atomic mass is 9.83. The maximum Gasteiger partial charge on any atom is 0.251 e. The lowest BCUT2D eigenvalue weighted by Crippen LogP contribution is -2.31. The molecule has 0 radical (unpaired) electrons. The molecular weight excluding hydrogens is 262 g/mol. The smallest absolute Gasteiger partial charge is 0.251 e. The zero-order valence-corrected chi connectivity index (χ0v) is 13.8. The van der Waals surface area contributed by atoms with E-state index in [1.54, 1.807) is 0 Å². The van der Waals surface area contributed by atoms with E-state index >= 15 is 0 Å². The van der Waals surface area contributed by atoms with Crippen LogP contribution in [0, 0.1) is 5.92 Å². The number of carbonyl (C=O) groups excluding carboxylic acids is 1. The Morgan fingerprint density at radius 1 is 1.24 bits per heavy atom. The Morgan fingerprint density at radius 2 is 1.90 bits per heavy atom. The number of hydrogen-bond donors (Lipinski definition) is 2. The van der Waals surface area contributed by atoms with Gasteiger partial charge in [-0.25, -0.2) is 0 Å². The highest BCUT2D eigenvalue weighted by Gasteiger charge is 2.21. The zero-order chi connectivity index (χ0) is 15.9. The van der Waals surface area contributed by atoms with Gasteiger partial charge in [-0.3, -0.25) is 4.79 Å². The van der Waals surface area contributed by atoms with Gasteiger partial charge in [-0.2, -0.15) is 0 Å². The molecule has 3 heteroatoms. The van der Waals surface area contributed by atoms with Crippen LogP contribution in [-0.2, 0) is 5.41 Å². The summed E-state index contributed by atoms with van der Waals surface area (Å²) in [6.07, 6.45) is 2.84. The van der Waals surface area contributed by atoms with Crippen molar-refractivity contribution in [2.24, 2.45) is 5.92 Å². The summed E-state index contributed by atoms with van der Waals surface area (Å²) < 4.78 is 0. The molecule has 0 heterocycles. The van der Waals surface area contributed by atoms with Gasteiger partial charge in [-0.1, -0.05) is 52.3 Å². The fourth-order valence-corrected chi connectivity index (χ4v) is 2.61.